The van der Waals surface area contributed by atoms with Gasteiger partial charge in [0.05, 0.1) is 44.0 Å². The summed E-state index contributed by atoms with van der Waals surface area (Å²) in [5, 5.41) is 83.9. The number of rotatable bonds is 8. The standard InChI is InChI=1S/C20H16N4O5S.C16H13N5O4.Cr/c1-12-18(20(26)24(23-12)13-7-3-2-4-8-13)21-22-19-15-10-6-5-9-14(15)17(11-16(19)25)30(27,28)29;1-10-15(16(23)20(19-10)11-5-3-2-4-6-11)18-17-13-8-7-12(21(24)25)9-14(13)22;/h2-11,25-26H,1H3,(H,27,28,29);2-9,22-23H,1H3;/q;;+3/p-5. The smallest absolute Gasteiger partial charge is 0.871 e. The molecule has 281 valence electrons. The minimum Gasteiger partial charge on any atom is -0.871 e. The topological polar surface area (TPSA) is 278 Å². The third kappa shape index (κ3) is 8.38. The van der Waals surface area contributed by atoms with E-state index in [9.17, 15) is 43.5 Å². The van der Waals surface area contributed by atoms with E-state index in [4.69, 9.17) is 0 Å². The van der Waals surface area contributed by atoms with Gasteiger partial charge < -0.3 is 25.0 Å². The van der Waals surface area contributed by atoms with Gasteiger partial charge in [-0.05, 0) is 50.2 Å². The zero-order valence-corrected chi connectivity index (χ0v) is 31.0. The van der Waals surface area contributed by atoms with Gasteiger partial charge in [0.15, 0.2) is 0 Å². The van der Waals surface area contributed by atoms with Crippen molar-refractivity contribution in [2.75, 3.05) is 0 Å². The van der Waals surface area contributed by atoms with Crippen LogP contribution in [0.3, 0.4) is 0 Å². The third-order valence-electron chi connectivity index (χ3n) is 7.85. The maximum Gasteiger partial charge on any atom is 3.00 e. The van der Waals surface area contributed by atoms with Crippen molar-refractivity contribution in [1.29, 1.82) is 0 Å². The Morgan fingerprint density at radius 1 is 0.607 bits per heavy atom. The summed E-state index contributed by atoms with van der Waals surface area (Å²) in [5.41, 5.74) is 1.13. The van der Waals surface area contributed by atoms with Crippen LogP contribution in [0.5, 0.6) is 23.3 Å². The molecule has 7 rings (SSSR count). The molecule has 0 aliphatic heterocycles. The van der Waals surface area contributed by atoms with Crippen molar-refractivity contribution in [2.45, 2.75) is 18.7 Å². The number of nitrogens with zero attached hydrogens (tertiary/aromatic N) is 9. The molecule has 0 atom stereocenters. The van der Waals surface area contributed by atoms with Crippen molar-refractivity contribution in [3.8, 4) is 34.6 Å². The molecule has 5 aromatic carbocycles. The van der Waals surface area contributed by atoms with Crippen LogP contribution in [-0.2, 0) is 27.5 Å². The summed E-state index contributed by atoms with van der Waals surface area (Å²) in [6.45, 7) is 3.18. The number of hydrogen-bond acceptors (Lipinski definition) is 15. The molecule has 0 saturated carbocycles. The molecule has 7 aromatic rings. The van der Waals surface area contributed by atoms with E-state index in [1.165, 1.54) is 33.6 Å². The minimum atomic E-state index is -4.86. The summed E-state index contributed by atoms with van der Waals surface area (Å²) in [5.74, 6) is -2.44. The third-order valence-corrected chi connectivity index (χ3v) is 8.73. The minimum absolute atomic E-state index is 0. The number of nitro benzene ring substituents is 1. The van der Waals surface area contributed by atoms with E-state index in [-0.39, 0.29) is 56.6 Å². The Labute approximate surface area is 328 Å². The Bertz CT molecular complexity index is 2740. The van der Waals surface area contributed by atoms with E-state index < -0.39 is 43.2 Å². The Kier molecular flexibility index (Phi) is 11.9. The van der Waals surface area contributed by atoms with E-state index in [2.05, 4.69) is 30.7 Å². The summed E-state index contributed by atoms with van der Waals surface area (Å²) < 4.78 is 36.9. The maximum atomic E-state index is 12.7. The second kappa shape index (κ2) is 16.6. The van der Waals surface area contributed by atoms with Crippen LogP contribution in [0.4, 0.5) is 28.4 Å². The number of fused-ring (bicyclic) bond motifs is 1. The molecular formula is C36H24CrN9O9S-2. The number of aromatic nitrogens is 4. The molecule has 2 heterocycles. The van der Waals surface area contributed by atoms with Gasteiger partial charge >= 0.3 is 17.4 Å². The second-order valence-electron chi connectivity index (χ2n) is 11.5. The average Bonchev–Trinajstić information content (AvgIpc) is 3.62. The molecule has 0 spiro atoms. The first-order valence-electron chi connectivity index (χ1n) is 15.9. The Balaban J connectivity index is 0.000000214. The van der Waals surface area contributed by atoms with Crippen LogP contribution in [0.1, 0.15) is 11.4 Å². The molecule has 18 nitrogen and oxygen atoms in total. The Morgan fingerprint density at radius 3 is 1.55 bits per heavy atom. The first kappa shape index (κ1) is 40.2. The maximum absolute atomic E-state index is 12.7. The van der Waals surface area contributed by atoms with Crippen LogP contribution in [0.15, 0.2) is 135 Å². The summed E-state index contributed by atoms with van der Waals surface area (Å²) in [4.78, 5) is 9.33. The van der Waals surface area contributed by atoms with Crippen molar-refractivity contribution in [1.82, 2.24) is 19.6 Å². The van der Waals surface area contributed by atoms with Gasteiger partial charge in [-0.3, -0.25) is 10.1 Å². The van der Waals surface area contributed by atoms with E-state index in [0.717, 1.165) is 18.2 Å². The molecule has 0 unspecified atom stereocenters. The predicted molar refractivity (Wildman–Crippen MR) is 188 cm³/mol. The largest absolute Gasteiger partial charge is 3.00 e. The second-order valence-corrected chi connectivity index (χ2v) is 12.9. The molecule has 56 heavy (non-hydrogen) atoms. The Hall–Kier alpha value is -6.98. The van der Waals surface area contributed by atoms with Gasteiger partial charge in [0.1, 0.15) is 21.5 Å². The van der Waals surface area contributed by atoms with Gasteiger partial charge in [0, 0.05) is 34.7 Å². The number of aryl methyl sites for hydroxylation is 2. The van der Waals surface area contributed by atoms with Crippen molar-refractivity contribution in [3.63, 3.8) is 0 Å². The molecule has 0 bridgehead atoms. The monoisotopic (exact) mass is 810 g/mol. The SMILES string of the molecule is Cc1nn(-c2ccccc2)c([O-])c1N=Nc1c([O-])cc(S(=O)(=O)[O-])c2ccccc12.Cc1nn(-c2ccccc2)c([O-])c1N=Nc1ccc([N+](=O)[O-])cc1[O-].[Cr+3]. The number of azo groups is 2. The van der Waals surface area contributed by atoms with Gasteiger partial charge in [0.25, 0.3) is 5.69 Å². The van der Waals surface area contributed by atoms with Crippen LogP contribution < -0.4 is 20.4 Å². The summed E-state index contributed by atoms with van der Waals surface area (Å²) in [6, 6.07) is 27.4. The van der Waals surface area contributed by atoms with Gasteiger partial charge in [-0.2, -0.15) is 20.4 Å². The van der Waals surface area contributed by atoms with Crippen LogP contribution in [0, 0.1) is 24.0 Å². The van der Waals surface area contributed by atoms with Crippen molar-refractivity contribution in [2.24, 2.45) is 20.5 Å². The molecule has 20 heteroatoms. The fourth-order valence-electron chi connectivity index (χ4n) is 5.23. The molecule has 0 saturated heterocycles. The molecular weight excluding hydrogens is 787 g/mol. The van der Waals surface area contributed by atoms with Crippen LogP contribution in [0.2, 0.25) is 0 Å². The first-order valence-corrected chi connectivity index (χ1v) is 17.3. The average molecular weight is 811 g/mol. The number of hydrogen-bond donors (Lipinski definition) is 0. The van der Waals surface area contributed by atoms with E-state index >= 15 is 0 Å². The van der Waals surface area contributed by atoms with Gasteiger partial charge in [0.2, 0.25) is 0 Å². The van der Waals surface area contributed by atoms with E-state index in [0.29, 0.717) is 22.8 Å². The molecule has 2 aromatic heterocycles. The van der Waals surface area contributed by atoms with E-state index in [1.807, 2.05) is 6.07 Å². The zero-order chi connectivity index (χ0) is 39.4. The normalized spacial score (nSPS) is 11.4. The quantitative estimate of drug-likeness (QED) is 0.0805. The molecule has 0 aliphatic rings. The molecule has 0 aliphatic carbocycles. The molecule has 0 N–H and O–H groups in total. The number of nitro groups is 1. The molecule has 1 radical (unpaired) electrons. The number of para-hydroxylation sites is 2. The summed E-state index contributed by atoms with van der Waals surface area (Å²) in [7, 11) is -4.86. The predicted octanol–water partition coefficient (Wildman–Crippen LogP) is 5.45. The van der Waals surface area contributed by atoms with Crippen LogP contribution in [-0.4, -0.2) is 37.5 Å². The first-order chi connectivity index (χ1) is 26.2. The fourth-order valence-corrected chi connectivity index (χ4v) is 5.93. The number of benzene rings is 5. The van der Waals surface area contributed by atoms with Gasteiger partial charge in [-0.25, -0.2) is 17.8 Å². The fraction of sp³-hybridized carbons (Fsp3) is 0.0556. The molecule has 0 fully saturated rings. The van der Waals surface area contributed by atoms with Gasteiger partial charge in [-0.1, -0.05) is 72.2 Å². The summed E-state index contributed by atoms with van der Waals surface area (Å²) in [6.07, 6.45) is 0. The van der Waals surface area contributed by atoms with Crippen molar-refractivity contribution < 1.29 is 55.7 Å². The number of non-ortho nitro benzene ring substituents is 1. The molecule has 0 amide bonds. The van der Waals surface area contributed by atoms with Crippen molar-refractivity contribution >= 4 is 49.3 Å². The van der Waals surface area contributed by atoms with Crippen LogP contribution >= 0.6 is 0 Å². The van der Waals surface area contributed by atoms with E-state index in [1.54, 1.807) is 74.5 Å². The Morgan fingerprint density at radius 2 is 1.07 bits per heavy atom. The zero-order valence-electron chi connectivity index (χ0n) is 28.9. The summed E-state index contributed by atoms with van der Waals surface area (Å²) >= 11 is 0. The van der Waals surface area contributed by atoms with Crippen LogP contribution in [0.25, 0.3) is 22.1 Å². The van der Waals surface area contributed by atoms with Gasteiger partial charge in [-0.15, -0.1) is 10.2 Å². The van der Waals surface area contributed by atoms with Crippen molar-refractivity contribution in [3.05, 3.63) is 131 Å².